The summed E-state index contributed by atoms with van der Waals surface area (Å²) in [6, 6.07) is 10.4. The highest BCUT2D eigenvalue weighted by Crippen LogP contribution is 2.24. The van der Waals surface area contributed by atoms with Crippen molar-refractivity contribution in [2.24, 2.45) is 0 Å². The molecular weight excluding hydrogens is 335 g/mol. The van der Waals surface area contributed by atoms with Gasteiger partial charge in [-0.3, -0.25) is 4.98 Å². The number of rotatable bonds is 4. The van der Waals surface area contributed by atoms with Crippen LogP contribution < -0.4 is 5.32 Å². The van der Waals surface area contributed by atoms with Gasteiger partial charge in [-0.2, -0.15) is 0 Å². The molecule has 0 aliphatic carbocycles. The Labute approximate surface area is 148 Å². The van der Waals surface area contributed by atoms with Gasteiger partial charge >= 0.3 is 0 Å². The summed E-state index contributed by atoms with van der Waals surface area (Å²) in [5.41, 5.74) is 1.99. The van der Waals surface area contributed by atoms with Crippen molar-refractivity contribution in [1.82, 2.24) is 24.6 Å². The Morgan fingerprint density at radius 1 is 1.15 bits per heavy atom. The first-order chi connectivity index (χ1) is 12.6. The number of fused-ring (bicyclic) bond motifs is 1. The van der Waals surface area contributed by atoms with Crippen LogP contribution >= 0.6 is 0 Å². The molecule has 2 N–H and O–H groups in total. The number of hydrogen-bond donors (Lipinski definition) is 2. The zero-order chi connectivity index (χ0) is 18.1. The molecule has 130 valence electrons. The molecule has 0 bridgehead atoms. The Balaban J connectivity index is 1.83. The fourth-order valence-corrected chi connectivity index (χ4v) is 2.55. The third kappa shape index (κ3) is 2.98. The summed E-state index contributed by atoms with van der Waals surface area (Å²) in [4.78, 5) is 12.6. The third-order valence-electron chi connectivity index (χ3n) is 3.84. The first kappa shape index (κ1) is 16.1. The molecule has 0 fully saturated rings. The van der Waals surface area contributed by atoms with Crippen molar-refractivity contribution in [2.45, 2.75) is 13.0 Å². The molecule has 8 heteroatoms. The molecule has 4 aromatic heterocycles. The quantitative estimate of drug-likeness (QED) is 0.588. The molecule has 0 aliphatic heterocycles. The number of anilines is 2. The van der Waals surface area contributed by atoms with Crippen LogP contribution in [0.4, 0.5) is 15.9 Å². The van der Waals surface area contributed by atoms with Crippen molar-refractivity contribution in [3.8, 4) is 11.5 Å². The smallest absolute Gasteiger partial charge is 0.200 e. The first-order valence-corrected chi connectivity index (χ1v) is 7.99. The number of nitrogens with one attached hydrogen (secondary N) is 1. The molecule has 26 heavy (non-hydrogen) atoms. The molecular formula is C18H15FN6O. The standard InChI is InChI=1S/C18H15FN6O/c1-11(26)13-4-2-5-15(21-13)17-23-18(16-6-3-9-25(16)24-17)22-14-7-8-20-10-12(14)19/h2-11,26H,1H3,(H,20,22,23,24). The van der Waals surface area contributed by atoms with Crippen LogP contribution in [0.2, 0.25) is 0 Å². The van der Waals surface area contributed by atoms with Crippen molar-refractivity contribution >= 4 is 17.0 Å². The van der Waals surface area contributed by atoms with Gasteiger partial charge in [0.2, 0.25) is 5.82 Å². The van der Waals surface area contributed by atoms with E-state index >= 15 is 0 Å². The van der Waals surface area contributed by atoms with Crippen molar-refractivity contribution in [3.63, 3.8) is 0 Å². The zero-order valence-corrected chi connectivity index (χ0v) is 13.8. The van der Waals surface area contributed by atoms with Crippen LogP contribution in [0, 0.1) is 5.82 Å². The van der Waals surface area contributed by atoms with Gasteiger partial charge in [-0.15, -0.1) is 5.10 Å². The van der Waals surface area contributed by atoms with Gasteiger partial charge in [0.15, 0.2) is 11.6 Å². The summed E-state index contributed by atoms with van der Waals surface area (Å²) in [5.74, 6) is 0.314. The van der Waals surface area contributed by atoms with Crippen LogP contribution in [0.1, 0.15) is 18.7 Å². The lowest BCUT2D eigenvalue weighted by Gasteiger charge is -2.11. The van der Waals surface area contributed by atoms with Crippen LogP contribution in [-0.2, 0) is 0 Å². The Morgan fingerprint density at radius 2 is 2.04 bits per heavy atom. The predicted molar refractivity (Wildman–Crippen MR) is 94.3 cm³/mol. The average Bonchev–Trinajstić information content (AvgIpc) is 3.12. The number of aliphatic hydroxyl groups excluding tert-OH is 1. The van der Waals surface area contributed by atoms with E-state index in [1.54, 1.807) is 35.8 Å². The summed E-state index contributed by atoms with van der Waals surface area (Å²) in [7, 11) is 0. The van der Waals surface area contributed by atoms with Gasteiger partial charge in [0.1, 0.15) is 11.2 Å². The van der Waals surface area contributed by atoms with Gasteiger partial charge in [-0.05, 0) is 37.3 Å². The molecule has 0 radical (unpaired) electrons. The lowest BCUT2D eigenvalue weighted by Crippen LogP contribution is -2.06. The second-order valence-electron chi connectivity index (χ2n) is 5.73. The van der Waals surface area contributed by atoms with E-state index in [1.807, 2.05) is 12.1 Å². The maximum absolute atomic E-state index is 14.0. The lowest BCUT2D eigenvalue weighted by atomic mass is 10.2. The van der Waals surface area contributed by atoms with E-state index < -0.39 is 11.9 Å². The summed E-state index contributed by atoms with van der Waals surface area (Å²) in [6.07, 6.45) is 3.70. The molecule has 0 spiro atoms. The normalized spacial score (nSPS) is 12.3. The number of aromatic nitrogens is 5. The van der Waals surface area contributed by atoms with E-state index in [9.17, 15) is 9.50 Å². The minimum Gasteiger partial charge on any atom is -0.387 e. The van der Waals surface area contributed by atoms with Crippen molar-refractivity contribution in [3.05, 3.63) is 66.5 Å². The highest BCUT2D eigenvalue weighted by molar-refractivity contribution is 5.74. The van der Waals surface area contributed by atoms with Gasteiger partial charge in [0.05, 0.1) is 23.7 Å². The molecule has 0 amide bonds. The number of aliphatic hydroxyl groups is 1. The van der Waals surface area contributed by atoms with E-state index in [2.05, 4.69) is 25.4 Å². The molecule has 0 aromatic carbocycles. The van der Waals surface area contributed by atoms with Gasteiger partial charge < -0.3 is 10.4 Å². The highest BCUT2D eigenvalue weighted by Gasteiger charge is 2.13. The van der Waals surface area contributed by atoms with E-state index in [-0.39, 0.29) is 5.69 Å². The minimum atomic E-state index is -0.700. The van der Waals surface area contributed by atoms with Crippen molar-refractivity contribution in [2.75, 3.05) is 5.32 Å². The van der Waals surface area contributed by atoms with Crippen LogP contribution in [0.3, 0.4) is 0 Å². The fraction of sp³-hybridized carbons (Fsp3) is 0.111. The van der Waals surface area contributed by atoms with E-state index in [0.717, 1.165) is 6.20 Å². The van der Waals surface area contributed by atoms with E-state index in [0.29, 0.717) is 28.5 Å². The summed E-state index contributed by atoms with van der Waals surface area (Å²) in [5, 5.41) is 17.2. The van der Waals surface area contributed by atoms with E-state index in [1.165, 1.54) is 12.3 Å². The second kappa shape index (κ2) is 6.49. The third-order valence-corrected chi connectivity index (χ3v) is 3.84. The maximum atomic E-state index is 14.0. The lowest BCUT2D eigenvalue weighted by molar-refractivity contribution is 0.194. The highest BCUT2D eigenvalue weighted by atomic mass is 19.1. The Morgan fingerprint density at radius 3 is 2.85 bits per heavy atom. The number of pyridine rings is 2. The average molecular weight is 350 g/mol. The van der Waals surface area contributed by atoms with Gasteiger partial charge in [-0.1, -0.05) is 6.07 Å². The summed E-state index contributed by atoms with van der Waals surface area (Å²) in [6.45, 7) is 1.64. The fourth-order valence-electron chi connectivity index (χ4n) is 2.55. The van der Waals surface area contributed by atoms with Crippen molar-refractivity contribution < 1.29 is 9.50 Å². The molecule has 0 saturated heterocycles. The van der Waals surface area contributed by atoms with Gasteiger partial charge in [0, 0.05) is 12.4 Å². The SMILES string of the molecule is CC(O)c1cccc(-c2nc(Nc3ccncc3F)c3cccn3n2)n1. The molecule has 7 nitrogen and oxygen atoms in total. The molecule has 4 heterocycles. The molecule has 4 aromatic rings. The van der Waals surface area contributed by atoms with E-state index in [4.69, 9.17) is 0 Å². The topological polar surface area (TPSA) is 88.2 Å². The zero-order valence-electron chi connectivity index (χ0n) is 13.8. The number of nitrogens with zero attached hydrogens (tertiary/aromatic N) is 5. The van der Waals surface area contributed by atoms with Crippen LogP contribution in [-0.4, -0.2) is 29.7 Å². The Hall–Kier alpha value is -3.39. The molecule has 0 saturated carbocycles. The summed E-state index contributed by atoms with van der Waals surface area (Å²) >= 11 is 0. The predicted octanol–water partition coefficient (Wildman–Crippen LogP) is 3.12. The van der Waals surface area contributed by atoms with Crippen LogP contribution in [0.25, 0.3) is 17.0 Å². The first-order valence-electron chi connectivity index (χ1n) is 7.99. The van der Waals surface area contributed by atoms with Gasteiger partial charge in [-0.25, -0.2) is 18.9 Å². The van der Waals surface area contributed by atoms with Crippen molar-refractivity contribution in [1.29, 1.82) is 0 Å². The van der Waals surface area contributed by atoms with Gasteiger partial charge in [0.25, 0.3) is 0 Å². The second-order valence-corrected chi connectivity index (χ2v) is 5.73. The molecule has 1 atom stereocenters. The monoisotopic (exact) mass is 350 g/mol. The largest absolute Gasteiger partial charge is 0.387 e. The molecule has 4 rings (SSSR count). The Kier molecular flexibility index (Phi) is 4.02. The molecule has 1 unspecified atom stereocenters. The number of hydrogen-bond acceptors (Lipinski definition) is 6. The number of halogens is 1. The summed E-state index contributed by atoms with van der Waals surface area (Å²) < 4.78 is 15.6. The van der Waals surface area contributed by atoms with Crippen LogP contribution in [0.15, 0.2) is 55.0 Å². The Bertz CT molecular complexity index is 1080. The molecule has 0 aliphatic rings. The van der Waals surface area contributed by atoms with Crippen LogP contribution in [0.5, 0.6) is 0 Å². The minimum absolute atomic E-state index is 0.262. The maximum Gasteiger partial charge on any atom is 0.200 e.